The van der Waals surface area contributed by atoms with Crippen LogP contribution in [0.25, 0.3) is 0 Å². The molecule has 1 saturated carbocycles. The largest absolute Gasteiger partial charge is 0.444 e. The van der Waals surface area contributed by atoms with Gasteiger partial charge in [0.05, 0.1) is 0 Å². The lowest BCUT2D eigenvalue weighted by atomic mass is 9.75. The van der Waals surface area contributed by atoms with Gasteiger partial charge in [-0.25, -0.2) is 13.6 Å². The molecule has 0 radical (unpaired) electrons. The van der Waals surface area contributed by atoms with Gasteiger partial charge in [0.15, 0.2) is 0 Å². The molecule has 1 aliphatic carbocycles. The zero-order valence-corrected chi connectivity index (χ0v) is 13.8. The number of halogens is 2. The molecule has 1 aromatic rings. The van der Waals surface area contributed by atoms with E-state index < -0.39 is 23.2 Å². The smallest absolute Gasteiger partial charge is 0.412 e. The first-order valence-electron chi connectivity index (χ1n) is 7.77. The van der Waals surface area contributed by atoms with E-state index in [2.05, 4.69) is 5.32 Å². The van der Waals surface area contributed by atoms with Gasteiger partial charge in [-0.2, -0.15) is 0 Å². The molecular formula is C17H24F2N2O2. The first-order valence-corrected chi connectivity index (χ1v) is 7.77. The van der Waals surface area contributed by atoms with Crippen LogP contribution in [-0.4, -0.2) is 17.6 Å². The van der Waals surface area contributed by atoms with Crippen LogP contribution in [0.4, 0.5) is 19.3 Å². The molecule has 0 bridgehead atoms. The average molecular weight is 326 g/mol. The molecule has 0 unspecified atom stereocenters. The van der Waals surface area contributed by atoms with E-state index in [1.807, 2.05) is 0 Å². The topological polar surface area (TPSA) is 64.3 Å². The van der Waals surface area contributed by atoms with E-state index in [4.69, 9.17) is 10.5 Å². The highest BCUT2D eigenvalue weighted by atomic mass is 19.3. The van der Waals surface area contributed by atoms with E-state index in [0.717, 1.165) is 0 Å². The fourth-order valence-corrected chi connectivity index (χ4v) is 2.77. The molecule has 0 aliphatic heterocycles. The summed E-state index contributed by atoms with van der Waals surface area (Å²) in [5.41, 5.74) is 6.07. The van der Waals surface area contributed by atoms with Crippen LogP contribution in [0.2, 0.25) is 0 Å². The number of alkyl halides is 2. The highest BCUT2D eigenvalue weighted by Gasteiger charge is 2.43. The lowest BCUT2D eigenvalue weighted by molar-refractivity contribution is -0.0513. The summed E-state index contributed by atoms with van der Waals surface area (Å²) < 4.78 is 32.1. The molecule has 128 valence electrons. The Morgan fingerprint density at radius 1 is 1.17 bits per heavy atom. The third kappa shape index (κ3) is 4.64. The summed E-state index contributed by atoms with van der Waals surface area (Å²) in [7, 11) is 0. The SMILES string of the molecule is CC(C)(C)OC(=O)Nc1ccccc1C1(N)CCC(F)(F)CC1. The number of ether oxygens (including phenoxy) is 1. The summed E-state index contributed by atoms with van der Waals surface area (Å²) in [6, 6.07) is 7.03. The van der Waals surface area contributed by atoms with Gasteiger partial charge in [0.25, 0.3) is 0 Å². The summed E-state index contributed by atoms with van der Waals surface area (Å²) in [5, 5.41) is 2.68. The third-order valence-electron chi connectivity index (χ3n) is 3.97. The maximum absolute atomic E-state index is 13.4. The quantitative estimate of drug-likeness (QED) is 0.847. The predicted molar refractivity (Wildman–Crippen MR) is 85.6 cm³/mol. The van der Waals surface area contributed by atoms with Crippen molar-refractivity contribution in [2.75, 3.05) is 5.32 Å². The van der Waals surface area contributed by atoms with Crippen molar-refractivity contribution in [2.24, 2.45) is 5.73 Å². The van der Waals surface area contributed by atoms with Gasteiger partial charge in [0.1, 0.15) is 5.60 Å². The molecule has 0 heterocycles. The zero-order valence-electron chi connectivity index (χ0n) is 13.8. The van der Waals surface area contributed by atoms with Crippen LogP contribution in [0.3, 0.4) is 0 Å². The number of nitrogens with two attached hydrogens (primary N) is 1. The maximum atomic E-state index is 13.4. The number of carbonyl (C=O) groups is 1. The Bertz CT molecular complexity index is 572. The molecule has 1 aromatic carbocycles. The molecule has 2 rings (SSSR count). The van der Waals surface area contributed by atoms with Crippen LogP contribution in [-0.2, 0) is 10.3 Å². The molecule has 0 saturated heterocycles. The van der Waals surface area contributed by atoms with Crippen LogP contribution in [0.1, 0.15) is 52.0 Å². The van der Waals surface area contributed by atoms with Gasteiger partial charge in [-0.05, 0) is 45.2 Å². The summed E-state index contributed by atoms with van der Waals surface area (Å²) in [6.07, 6.45) is -0.733. The summed E-state index contributed by atoms with van der Waals surface area (Å²) in [5.74, 6) is -2.66. The Morgan fingerprint density at radius 3 is 2.30 bits per heavy atom. The van der Waals surface area contributed by atoms with E-state index >= 15 is 0 Å². The molecule has 0 spiro atoms. The number of amides is 1. The molecular weight excluding hydrogens is 302 g/mol. The van der Waals surface area contributed by atoms with E-state index in [1.165, 1.54) is 0 Å². The Balaban J connectivity index is 2.19. The second-order valence-electron chi connectivity index (χ2n) is 7.18. The standard InChI is InChI=1S/C17H24F2N2O2/c1-15(2,3)23-14(22)21-13-7-5-4-6-12(13)16(20)8-10-17(18,19)11-9-16/h4-7H,8-11,20H2,1-3H3,(H,21,22). The minimum Gasteiger partial charge on any atom is -0.444 e. The first-order chi connectivity index (χ1) is 10.5. The van der Waals surface area contributed by atoms with Gasteiger partial charge >= 0.3 is 6.09 Å². The molecule has 4 nitrogen and oxygen atoms in total. The van der Waals surface area contributed by atoms with Crippen molar-refractivity contribution in [3.05, 3.63) is 29.8 Å². The Morgan fingerprint density at radius 2 is 1.74 bits per heavy atom. The zero-order chi connectivity index (χ0) is 17.3. The van der Waals surface area contributed by atoms with Crippen molar-refractivity contribution in [1.29, 1.82) is 0 Å². The normalized spacial score (nSPS) is 19.9. The van der Waals surface area contributed by atoms with Crippen molar-refractivity contribution in [3.63, 3.8) is 0 Å². The van der Waals surface area contributed by atoms with Gasteiger partial charge in [-0.15, -0.1) is 0 Å². The highest BCUT2D eigenvalue weighted by Crippen LogP contribution is 2.44. The number of rotatable bonds is 2. The van der Waals surface area contributed by atoms with E-state index in [1.54, 1.807) is 45.0 Å². The second kappa shape index (κ2) is 6.07. The Labute approximate surface area is 135 Å². The highest BCUT2D eigenvalue weighted by molar-refractivity contribution is 5.86. The fourth-order valence-electron chi connectivity index (χ4n) is 2.77. The second-order valence-corrected chi connectivity index (χ2v) is 7.18. The Kier molecular flexibility index (Phi) is 4.66. The summed E-state index contributed by atoms with van der Waals surface area (Å²) in [4.78, 5) is 12.0. The predicted octanol–water partition coefficient (Wildman–Crippen LogP) is 4.40. The van der Waals surface area contributed by atoms with Crippen molar-refractivity contribution in [1.82, 2.24) is 0 Å². The number of carbonyl (C=O) groups excluding carboxylic acids is 1. The minimum atomic E-state index is -2.66. The molecule has 3 N–H and O–H groups in total. The van der Waals surface area contributed by atoms with Crippen LogP contribution in [0, 0.1) is 0 Å². The van der Waals surface area contributed by atoms with Gasteiger partial charge in [0, 0.05) is 24.1 Å². The molecule has 0 aromatic heterocycles. The first kappa shape index (κ1) is 17.7. The maximum Gasteiger partial charge on any atom is 0.412 e. The molecule has 1 amide bonds. The van der Waals surface area contributed by atoms with Crippen molar-refractivity contribution in [2.45, 2.75) is 63.5 Å². The number of anilines is 1. The average Bonchev–Trinajstić information content (AvgIpc) is 2.41. The summed E-state index contributed by atoms with van der Waals surface area (Å²) in [6.45, 7) is 5.31. The van der Waals surface area contributed by atoms with Crippen LogP contribution >= 0.6 is 0 Å². The van der Waals surface area contributed by atoms with Gasteiger partial charge in [-0.3, -0.25) is 5.32 Å². The molecule has 23 heavy (non-hydrogen) atoms. The third-order valence-corrected chi connectivity index (χ3v) is 3.97. The fraction of sp³-hybridized carbons (Fsp3) is 0.588. The van der Waals surface area contributed by atoms with E-state index in [0.29, 0.717) is 11.3 Å². The lowest BCUT2D eigenvalue weighted by Crippen LogP contribution is -2.44. The number of hydrogen-bond acceptors (Lipinski definition) is 3. The summed E-state index contributed by atoms with van der Waals surface area (Å²) >= 11 is 0. The molecule has 1 fully saturated rings. The van der Waals surface area contributed by atoms with E-state index in [-0.39, 0.29) is 25.7 Å². The van der Waals surface area contributed by atoms with Crippen LogP contribution in [0.5, 0.6) is 0 Å². The molecule has 6 heteroatoms. The number of para-hydroxylation sites is 1. The lowest BCUT2D eigenvalue weighted by Gasteiger charge is -2.38. The number of benzene rings is 1. The van der Waals surface area contributed by atoms with Crippen molar-refractivity contribution >= 4 is 11.8 Å². The van der Waals surface area contributed by atoms with Crippen LogP contribution in [0.15, 0.2) is 24.3 Å². The molecule has 1 aliphatic rings. The molecule has 0 atom stereocenters. The van der Waals surface area contributed by atoms with Crippen molar-refractivity contribution in [3.8, 4) is 0 Å². The van der Waals surface area contributed by atoms with Crippen molar-refractivity contribution < 1.29 is 18.3 Å². The van der Waals surface area contributed by atoms with Gasteiger partial charge in [-0.1, -0.05) is 18.2 Å². The van der Waals surface area contributed by atoms with Gasteiger partial charge < -0.3 is 10.5 Å². The minimum absolute atomic E-state index is 0.174. The van der Waals surface area contributed by atoms with Crippen LogP contribution < -0.4 is 11.1 Å². The van der Waals surface area contributed by atoms with E-state index in [9.17, 15) is 13.6 Å². The Hall–Kier alpha value is -1.69. The number of nitrogens with one attached hydrogen (secondary N) is 1. The number of hydrogen-bond donors (Lipinski definition) is 2. The monoisotopic (exact) mass is 326 g/mol. The van der Waals surface area contributed by atoms with Gasteiger partial charge in [0.2, 0.25) is 5.92 Å².